The molecule has 5 N–H and O–H groups in total. The Morgan fingerprint density at radius 1 is 1.10 bits per heavy atom. The number of nitrogens with zero attached hydrogens (tertiary/aromatic N) is 1. The Hall–Kier alpha value is -2.20. The smallest absolute Gasteiger partial charge is 0.229 e. The molecular formula is C22H30N2O6. The van der Waals surface area contributed by atoms with Gasteiger partial charge >= 0.3 is 0 Å². The summed E-state index contributed by atoms with van der Waals surface area (Å²) >= 11 is 0. The minimum absolute atomic E-state index is 0.431. The lowest BCUT2D eigenvalue weighted by Gasteiger charge is -2.39. The molecule has 0 amide bonds. The van der Waals surface area contributed by atoms with Gasteiger partial charge in [-0.05, 0) is 24.1 Å². The minimum Gasteiger partial charge on any atom is -0.462 e. The van der Waals surface area contributed by atoms with Crippen molar-refractivity contribution in [2.75, 3.05) is 26.2 Å². The molecule has 5 atom stereocenters. The molecule has 1 saturated heterocycles. The summed E-state index contributed by atoms with van der Waals surface area (Å²) in [6, 6.07) is 5.46. The zero-order valence-electron chi connectivity index (χ0n) is 16.9. The lowest BCUT2D eigenvalue weighted by molar-refractivity contribution is -0.277. The Kier molecular flexibility index (Phi) is 7.65. The molecule has 8 nitrogen and oxygen atoms in total. The van der Waals surface area contributed by atoms with Gasteiger partial charge in [0.1, 0.15) is 30.2 Å². The van der Waals surface area contributed by atoms with Crippen LogP contribution in [0.4, 0.5) is 0 Å². The van der Waals surface area contributed by atoms with E-state index in [0.717, 1.165) is 37.0 Å². The number of hydrogen-bond donors (Lipinski definition) is 5. The van der Waals surface area contributed by atoms with E-state index in [-0.39, 0.29) is 0 Å². The quantitative estimate of drug-likeness (QED) is 0.358. The van der Waals surface area contributed by atoms with Gasteiger partial charge in [-0.3, -0.25) is 4.90 Å². The molecule has 0 bridgehead atoms. The van der Waals surface area contributed by atoms with Crippen LogP contribution in [-0.2, 0) is 11.2 Å². The maximum absolute atomic E-state index is 10.1. The van der Waals surface area contributed by atoms with Crippen molar-refractivity contribution >= 4 is 10.9 Å². The number of aliphatic hydroxyl groups excluding tert-OH is 4. The highest BCUT2D eigenvalue weighted by atomic mass is 16.7. The average molecular weight is 418 g/mol. The molecule has 0 aliphatic carbocycles. The summed E-state index contributed by atoms with van der Waals surface area (Å²) in [6.07, 6.45) is 0.0102. The number of rotatable bonds is 10. The van der Waals surface area contributed by atoms with Crippen molar-refractivity contribution < 1.29 is 29.9 Å². The van der Waals surface area contributed by atoms with Gasteiger partial charge in [0.25, 0.3) is 0 Å². The van der Waals surface area contributed by atoms with Crippen LogP contribution in [0.15, 0.2) is 49.7 Å². The van der Waals surface area contributed by atoms with Crippen molar-refractivity contribution in [2.45, 2.75) is 37.1 Å². The Labute approximate surface area is 175 Å². The Bertz CT molecular complexity index is 841. The van der Waals surface area contributed by atoms with Crippen molar-refractivity contribution in [1.82, 2.24) is 9.88 Å². The largest absolute Gasteiger partial charge is 0.462 e. The van der Waals surface area contributed by atoms with Crippen LogP contribution in [0.1, 0.15) is 5.56 Å². The molecule has 1 aliphatic heterocycles. The summed E-state index contributed by atoms with van der Waals surface area (Å²) in [5.41, 5.74) is 2.04. The van der Waals surface area contributed by atoms with Gasteiger partial charge in [0.05, 0.1) is 6.61 Å². The van der Waals surface area contributed by atoms with E-state index < -0.39 is 37.3 Å². The third kappa shape index (κ3) is 4.92. The van der Waals surface area contributed by atoms with E-state index in [4.69, 9.17) is 9.47 Å². The van der Waals surface area contributed by atoms with Gasteiger partial charge in [-0.2, -0.15) is 0 Å². The first kappa shape index (κ1) is 22.5. The van der Waals surface area contributed by atoms with E-state index in [9.17, 15) is 20.4 Å². The molecule has 5 unspecified atom stereocenters. The highest BCUT2D eigenvalue weighted by Crippen LogP contribution is 2.28. The van der Waals surface area contributed by atoms with E-state index in [0.29, 0.717) is 5.75 Å². The summed E-state index contributed by atoms with van der Waals surface area (Å²) in [6.45, 7) is 9.55. The van der Waals surface area contributed by atoms with Crippen molar-refractivity contribution in [3.8, 4) is 5.75 Å². The molecule has 8 heteroatoms. The normalized spacial score (nSPS) is 26.8. The number of aromatic nitrogens is 1. The van der Waals surface area contributed by atoms with E-state index in [1.54, 1.807) is 12.1 Å². The first-order chi connectivity index (χ1) is 14.5. The number of aromatic amines is 1. The van der Waals surface area contributed by atoms with Crippen LogP contribution < -0.4 is 4.74 Å². The zero-order chi connectivity index (χ0) is 21.7. The van der Waals surface area contributed by atoms with Gasteiger partial charge in [-0.1, -0.05) is 12.2 Å². The van der Waals surface area contributed by atoms with Crippen molar-refractivity contribution in [3.05, 3.63) is 55.3 Å². The molecule has 1 fully saturated rings. The standard InChI is InChI=1S/C22H30N2O6/c1-3-8-24(9-4-2)10-7-14-12-23-17-11-15(5-6-16(14)17)29-22-21(28)20(27)19(26)18(13-25)30-22/h3-6,11-12,18-23,25-28H,1-2,7-10,13H2. The molecule has 0 spiro atoms. The van der Waals surface area contributed by atoms with Gasteiger partial charge in [0.2, 0.25) is 6.29 Å². The van der Waals surface area contributed by atoms with Gasteiger partial charge < -0.3 is 34.9 Å². The molecule has 2 aromatic rings. The number of aliphatic hydroxyl groups is 4. The predicted molar refractivity (Wildman–Crippen MR) is 113 cm³/mol. The predicted octanol–water partition coefficient (Wildman–Crippen LogP) is 0.563. The van der Waals surface area contributed by atoms with Crippen LogP contribution >= 0.6 is 0 Å². The molecule has 1 aromatic heterocycles. The highest BCUT2D eigenvalue weighted by molar-refractivity contribution is 5.84. The lowest BCUT2D eigenvalue weighted by atomic mass is 9.99. The summed E-state index contributed by atoms with van der Waals surface area (Å²) in [4.78, 5) is 5.47. The van der Waals surface area contributed by atoms with Crippen LogP contribution in [0.2, 0.25) is 0 Å². The van der Waals surface area contributed by atoms with Crippen LogP contribution in [0.3, 0.4) is 0 Å². The minimum atomic E-state index is -1.48. The summed E-state index contributed by atoms with van der Waals surface area (Å²) in [5.74, 6) is 0.431. The molecule has 1 aliphatic rings. The first-order valence-electron chi connectivity index (χ1n) is 9.99. The topological polar surface area (TPSA) is 118 Å². The maximum Gasteiger partial charge on any atom is 0.229 e. The van der Waals surface area contributed by atoms with Gasteiger partial charge in [-0.25, -0.2) is 0 Å². The van der Waals surface area contributed by atoms with Crippen LogP contribution in [0, 0.1) is 0 Å². The summed E-state index contributed by atoms with van der Waals surface area (Å²) in [7, 11) is 0. The SMILES string of the molecule is C=CCN(CC=C)CCc1c[nH]c2cc(OC3OC(CO)C(O)C(O)C3O)ccc12. The second-order valence-corrected chi connectivity index (χ2v) is 7.42. The summed E-state index contributed by atoms with van der Waals surface area (Å²) < 4.78 is 11.1. The highest BCUT2D eigenvalue weighted by Gasteiger charge is 2.44. The number of nitrogens with one attached hydrogen (secondary N) is 1. The molecule has 3 rings (SSSR count). The van der Waals surface area contributed by atoms with E-state index >= 15 is 0 Å². The zero-order valence-corrected chi connectivity index (χ0v) is 16.9. The number of ether oxygens (including phenoxy) is 2. The first-order valence-corrected chi connectivity index (χ1v) is 9.99. The van der Waals surface area contributed by atoms with Crippen LogP contribution in [0.25, 0.3) is 10.9 Å². The van der Waals surface area contributed by atoms with Crippen LogP contribution in [-0.4, -0.2) is 87.3 Å². The Balaban J connectivity index is 1.69. The third-order valence-electron chi connectivity index (χ3n) is 5.31. The average Bonchev–Trinajstić information content (AvgIpc) is 3.15. The van der Waals surface area contributed by atoms with Crippen molar-refractivity contribution in [1.29, 1.82) is 0 Å². The lowest BCUT2D eigenvalue weighted by Crippen LogP contribution is -2.60. The molecule has 0 radical (unpaired) electrons. The van der Waals surface area contributed by atoms with Gasteiger partial charge in [0.15, 0.2) is 0 Å². The van der Waals surface area contributed by atoms with Crippen molar-refractivity contribution in [2.24, 2.45) is 0 Å². The molecule has 30 heavy (non-hydrogen) atoms. The molecule has 0 saturated carbocycles. The fraction of sp³-hybridized carbons (Fsp3) is 0.455. The number of H-pyrrole nitrogens is 1. The molecular weight excluding hydrogens is 388 g/mol. The monoisotopic (exact) mass is 418 g/mol. The van der Waals surface area contributed by atoms with Gasteiger partial charge in [-0.15, -0.1) is 13.2 Å². The fourth-order valence-electron chi connectivity index (χ4n) is 3.65. The Morgan fingerprint density at radius 2 is 1.83 bits per heavy atom. The van der Waals surface area contributed by atoms with Crippen LogP contribution in [0.5, 0.6) is 5.75 Å². The van der Waals surface area contributed by atoms with E-state index in [1.807, 2.05) is 24.4 Å². The maximum atomic E-state index is 10.1. The molecule has 1 aromatic carbocycles. The summed E-state index contributed by atoms with van der Waals surface area (Å²) in [5, 5.41) is 40.3. The Morgan fingerprint density at radius 3 is 2.50 bits per heavy atom. The van der Waals surface area contributed by atoms with Crippen molar-refractivity contribution in [3.63, 3.8) is 0 Å². The second-order valence-electron chi connectivity index (χ2n) is 7.42. The molecule has 2 heterocycles. The van der Waals surface area contributed by atoms with Gasteiger partial charge in [0, 0.05) is 42.8 Å². The number of hydrogen-bond acceptors (Lipinski definition) is 7. The van der Waals surface area contributed by atoms with E-state index in [2.05, 4.69) is 23.0 Å². The van der Waals surface area contributed by atoms with E-state index in [1.165, 1.54) is 5.56 Å². The number of fused-ring (bicyclic) bond motifs is 1. The number of benzene rings is 1. The fourth-order valence-corrected chi connectivity index (χ4v) is 3.65. The second kappa shape index (κ2) is 10.2. The molecule has 164 valence electrons. The third-order valence-corrected chi connectivity index (χ3v) is 5.31.